The zero-order valence-electron chi connectivity index (χ0n) is 11.5. The van der Waals surface area contributed by atoms with Gasteiger partial charge in [-0.2, -0.15) is 0 Å². The van der Waals surface area contributed by atoms with E-state index in [1.165, 1.54) is 0 Å². The summed E-state index contributed by atoms with van der Waals surface area (Å²) in [7, 11) is 0. The Hall–Kier alpha value is -1.62. The van der Waals surface area contributed by atoms with Crippen LogP contribution in [0.3, 0.4) is 0 Å². The van der Waals surface area contributed by atoms with Crippen molar-refractivity contribution in [3.05, 3.63) is 42.0 Å². The number of hydrogen-bond acceptors (Lipinski definition) is 4. The Labute approximate surface area is 118 Å². The van der Waals surface area contributed by atoms with E-state index in [1.807, 2.05) is 24.3 Å². The predicted octanol–water partition coefficient (Wildman–Crippen LogP) is 1.88. The molecule has 0 radical (unpaired) electrons. The Kier molecular flexibility index (Phi) is 3.87. The smallest absolute Gasteiger partial charge is 0.121 e. The summed E-state index contributed by atoms with van der Waals surface area (Å²) in [6.07, 6.45) is 0. The minimum absolute atomic E-state index is 0.0324. The minimum Gasteiger partial charge on any atom is -0.508 e. The number of phenolic OH excluding ortho intramolecular Hbond substituents is 1. The van der Waals surface area contributed by atoms with Crippen molar-refractivity contribution < 1.29 is 9.84 Å². The molecule has 1 aliphatic heterocycles. The SMILES string of the molecule is NCC(c1c(O)ccc2ccccc12)N1CCOCC1. The molecule has 20 heavy (non-hydrogen) atoms. The number of phenols is 1. The number of ether oxygens (including phenoxy) is 1. The molecular formula is C16H20N2O2. The van der Waals surface area contributed by atoms with E-state index in [1.54, 1.807) is 6.07 Å². The van der Waals surface area contributed by atoms with Gasteiger partial charge in [0.15, 0.2) is 0 Å². The van der Waals surface area contributed by atoms with Crippen LogP contribution in [0.15, 0.2) is 36.4 Å². The van der Waals surface area contributed by atoms with Gasteiger partial charge in [0, 0.05) is 25.2 Å². The van der Waals surface area contributed by atoms with Crippen LogP contribution in [0.5, 0.6) is 5.75 Å². The zero-order chi connectivity index (χ0) is 13.9. The fourth-order valence-electron chi connectivity index (χ4n) is 2.97. The van der Waals surface area contributed by atoms with Crippen molar-refractivity contribution in [3.63, 3.8) is 0 Å². The Balaban J connectivity index is 2.08. The number of fused-ring (bicyclic) bond motifs is 1. The average Bonchev–Trinajstić information content (AvgIpc) is 2.51. The minimum atomic E-state index is 0.0324. The lowest BCUT2D eigenvalue weighted by molar-refractivity contribution is 0.0177. The molecule has 3 N–H and O–H groups in total. The quantitative estimate of drug-likeness (QED) is 0.895. The molecule has 2 aromatic carbocycles. The number of morpholine rings is 1. The molecule has 1 heterocycles. The van der Waals surface area contributed by atoms with Gasteiger partial charge < -0.3 is 15.6 Å². The van der Waals surface area contributed by atoms with Gasteiger partial charge in [-0.25, -0.2) is 0 Å². The van der Waals surface area contributed by atoms with Crippen LogP contribution < -0.4 is 5.73 Å². The average molecular weight is 272 g/mol. The van der Waals surface area contributed by atoms with Crippen molar-refractivity contribution in [1.29, 1.82) is 0 Å². The lowest BCUT2D eigenvalue weighted by atomic mass is 9.96. The molecule has 0 aromatic heterocycles. The number of nitrogens with zero attached hydrogens (tertiary/aromatic N) is 1. The van der Waals surface area contributed by atoms with Crippen LogP contribution in [0.2, 0.25) is 0 Å². The number of aromatic hydroxyl groups is 1. The third-order valence-electron chi connectivity index (χ3n) is 3.99. The summed E-state index contributed by atoms with van der Waals surface area (Å²) in [5.41, 5.74) is 6.94. The lowest BCUT2D eigenvalue weighted by Crippen LogP contribution is -2.41. The van der Waals surface area contributed by atoms with E-state index >= 15 is 0 Å². The molecule has 0 amide bonds. The lowest BCUT2D eigenvalue weighted by Gasteiger charge is -2.34. The van der Waals surface area contributed by atoms with Crippen molar-refractivity contribution in [2.75, 3.05) is 32.8 Å². The highest BCUT2D eigenvalue weighted by Crippen LogP contribution is 2.35. The summed E-state index contributed by atoms with van der Waals surface area (Å²) < 4.78 is 5.40. The second-order valence-corrected chi connectivity index (χ2v) is 5.12. The first-order valence-corrected chi connectivity index (χ1v) is 7.03. The second kappa shape index (κ2) is 5.79. The summed E-state index contributed by atoms with van der Waals surface area (Å²) in [6.45, 7) is 3.64. The maximum atomic E-state index is 10.3. The molecule has 0 spiro atoms. The van der Waals surface area contributed by atoms with Crippen LogP contribution in [-0.2, 0) is 4.74 Å². The zero-order valence-corrected chi connectivity index (χ0v) is 11.5. The number of rotatable bonds is 3. The van der Waals surface area contributed by atoms with E-state index in [9.17, 15) is 5.11 Å². The van der Waals surface area contributed by atoms with Crippen molar-refractivity contribution in [2.24, 2.45) is 5.73 Å². The maximum absolute atomic E-state index is 10.3. The van der Waals surface area contributed by atoms with Gasteiger partial charge in [0.25, 0.3) is 0 Å². The molecule has 4 heteroatoms. The summed E-state index contributed by atoms with van der Waals surface area (Å²) in [6, 6.07) is 11.9. The fraction of sp³-hybridized carbons (Fsp3) is 0.375. The molecule has 0 saturated carbocycles. The van der Waals surface area contributed by atoms with E-state index in [0.717, 1.165) is 42.6 Å². The highest BCUT2D eigenvalue weighted by molar-refractivity contribution is 5.88. The molecule has 3 rings (SSSR count). The third kappa shape index (κ3) is 2.38. The van der Waals surface area contributed by atoms with Crippen LogP contribution in [0, 0.1) is 0 Å². The Morgan fingerprint density at radius 2 is 1.90 bits per heavy atom. The van der Waals surface area contributed by atoms with Crippen LogP contribution in [0.1, 0.15) is 11.6 Å². The van der Waals surface area contributed by atoms with Gasteiger partial charge in [0.1, 0.15) is 5.75 Å². The first-order chi connectivity index (χ1) is 9.81. The highest BCUT2D eigenvalue weighted by atomic mass is 16.5. The van der Waals surface area contributed by atoms with Crippen LogP contribution in [-0.4, -0.2) is 42.9 Å². The third-order valence-corrected chi connectivity index (χ3v) is 3.99. The molecule has 1 aliphatic rings. The van der Waals surface area contributed by atoms with Crippen LogP contribution in [0.25, 0.3) is 10.8 Å². The van der Waals surface area contributed by atoms with Gasteiger partial charge in [-0.3, -0.25) is 4.90 Å². The Morgan fingerprint density at radius 3 is 2.65 bits per heavy atom. The van der Waals surface area contributed by atoms with E-state index < -0.39 is 0 Å². The summed E-state index contributed by atoms with van der Waals surface area (Å²) >= 11 is 0. The normalized spacial score (nSPS) is 18.2. The highest BCUT2D eigenvalue weighted by Gasteiger charge is 2.25. The van der Waals surface area contributed by atoms with Gasteiger partial charge in [0.2, 0.25) is 0 Å². The number of benzene rings is 2. The van der Waals surface area contributed by atoms with Crippen molar-refractivity contribution >= 4 is 10.8 Å². The predicted molar refractivity (Wildman–Crippen MR) is 79.8 cm³/mol. The Bertz CT molecular complexity index is 594. The van der Waals surface area contributed by atoms with Crippen LogP contribution in [0.4, 0.5) is 0 Å². The number of nitrogens with two attached hydrogens (primary N) is 1. The van der Waals surface area contributed by atoms with E-state index in [-0.39, 0.29) is 6.04 Å². The number of hydrogen-bond donors (Lipinski definition) is 2. The summed E-state index contributed by atoms with van der Waals surface area (Å²) in [5, 5.41) is 12.5. The molecule has 1 saturated heterocycles. The monoisotopic (exact) mass is 272 g/mol. The first kappa shape index (κ1) is 13.4. The second-order valence-electron chi connectivity index (χ2n) is 5.12. The molecule has 1 unspecified atom stereocenters. The molecule has 4 nitrogen and oxygen atoms in total. The van der Waals surface area contributed by atoms with Crippen LogP contribution >= 0.6 is 0 Å². The molecule has 1 atom stereocenters. The summed E-state index contributed by atoms with van der Waals surface area (Å²) in [4.78, 5) is 2.30. The van der Waals surface area contributed by atoms with Crippen molar-refractivity contribution in [3.8, 4) is 5.75 Å². The topological polar surface area (TPSA) is 58.7 Å². The summed E-state index contributed by atoms with van der Waals surface area (Å²) in [5.74, 6) is 0.325. The van der Waals surface area contributed by atoms with E-state index in [4.69, 9.17) is 10.5 Å². The molecule has 2 aromatic rings. The maximum Gasteiger partial charge on any atom is 0.121 e. The van der Waals surface area contributed by atoms with Crippen molar-refractivity contribution in [1.82, 2.24) is 4.90 Å². The standard InChI is InChI=1S/C16H20N2O2/c17-11-14(18-7-9-20-10-8-18)16-13-4-2-1-3-12(13)5-6-15(16)19/h1-6,14,19H,7-11,17H2. The van der Waals surface area contributed by atoms with Crippen molar-refractivity contribution in [2.45, 2.75) is 6.04 Å². The molecule has 106 valence electrons. The molecule has 1 fully saturated rings. The first-order valence-electron chi connectivity index (χ1n) is 7.03. The largest absolute Gasteiger partial charge is 0.508 e. The Morgan fingerprint density at radius 1 is 1.15 bits per heavy atom. The van der Waals surface area contributed by atoms with Gasteiger partial charge in [0.05, 0.1) is 19.3 Å². The van der Waals surface area contributed by atoms with E-state index in [2.05, 4.69) is 11.0 Å². The molecule has 0 aliphatic carbocycles. The van der Waals surface area contributed by atoms with Gasteiger partial charge in [-0.1, -0.05) is 30.3 Å². The van der Waals surface area contributed by atoms with E-state index in [0.29, 0.717) is 12.3 Å². The molecular weight excluding hydrogens is 252 g/mol. The molecule has 0 bridgehead atoms. The fourth-order valence-corrected chi connectivity index (χ4v) is 2.97. The van der Waals surface area contributed by atoms with Gasteiger partial charge in [-0.05, 0) is 16.8 Å². The van der Waals surface area contributed by atoms with Gasteiger partial charge >= 0.3 is 0 Å². The van der Waals surface area contributed by atoms with Gasteiger partial charge in [-0.15, -0.1) is 0 Å².